The van der Waals surface area contributed by atoms with Gasteiger partial charge in [0, 0.05) is 22.5 Å². The molecule has 0 radical (unpaired) electrons. The number of anilines is 2. The number of phenols is 1. The monoisotopic (exact) mass is 393 g/mol. The zero-order valence-corrected chi connectivity index (χ0v) is 16.6. The van der Waals surface area contributed by atoms with E-state index in [4.69, 9.17) is 21.3 Å². The molecule has 0 bridgehead atoms. The van der Waals surface area contributed by atoms with Crippen molar-refractivity contribution >= 4 is 28.8 Å². The van der Waals surface area contributed by atoms with Crippen molar-refractivity contribution in [3.8, 4) is 22.8 Å². The van der Waals surface area contributed by atoms with Gasteiger partial charge in [-0.2, -0.15) is 0 Å². The number of aromatic hydroxyl groups is 1. The van der Waals surface area contributed by atoms with Gasteiger partial charge in [-0.15, -0.1) is 0 Å². The average molecular weight is 394 g/mol. The van der Waals surface area contributed by atoms with Gasteiger partial charge >= 0.3 is 0 Å². The van der Waals surface area contributed by atoms with E-state index in [1.54, 1.807) is 12.1 Å². The number of pyridine rings is 1. The van der Waals surface area contributed by atoms with Gasteiger partial charge in [0.2, 0.25) is 0 Å². The number of benzene rings is 2. The molecule has 4 aromatic rings. The van der Waals surface area contributed by atoms with E-state index < -0.39 is 0 Å². The molecule has 2 N–H and O–H groups in total. The molecule has 0 amide bonds. The second kappa shape index (κ2) is 7.09. The van der Waals surface area contributed by atoms with Gasteiger partial charge in [-0.1, -0.05) is 23.7 Å². The van der Waals surface area contributed by atoms with Gasteiger partial charge in [-0.05, 0) is 61.4 Å². The number of nitrogens with one attached hydrogen (secondary N) is 1. The van der Waals surface area contributed by atoms with Crippen molar-refractivity contribution in [1.82, 2.24) is 9.38 Å². The molecule has 28 heavy (non-hydrogen) atoms. The third-order valence-electron chi connectivity index (χ3n) is 4.74. The van der Waals surface area contributed by atoms with Crippen molar-refractivity contribution in [3.63, 3.8) is 0 Å². The van der Waals surface area contributed by atoms with Crippen LogP contribution in [0.25, 0.3) is 16.9 Å². The summed E-state index contributed by atoms with van der Waals surface area (Å²) in [4.78, 5) is 4.81. The Kier molecular flexibility index (Phi) is 4.61. The van der Waals surface area contributed by atoms with E-state index in [1.807, 2.05) is 60.8 Å². The van der Waals surface area contributed by atoms with Crippen molar-refractivity contribution in [3.05, 3.63) is 70.9 Å². The highest BCUT2D eigenvalue weighted by Gasteiger charge is 2.17. The van der Waals surface area contributed by atoms with Gasteiger partial charge in [0.15, 0.2) is 11.5 Å². The minimum absolute atomic E-state index is 0.0889. The van der Waals surface area contributed by atoms with Crippen LogP contribution in [0.15, 0.2) is 54.7 Å². The van der Waals surface area contributed by atoms with Gasteiger partial charge in [-0.25, -0.2) is 4.98 Å². The molecule has 0 aliphatic heterocycles. The van der Waals surface area contributed by atoms with Crippen LogP contribution < -0.4 is 10.1 Å². The normalized spacial score (nSPS) is 11.0. The molecular weight excluding hydrogens is 374 g/mol. The highest BCUT2D eigenvalue weighted by Crippen LogP contribution is 2.37. The van der Waals surface area contributed by atoms with Crippen LogP contribution in [0.2, 0.25) is 5.02 Å². The molecule has 0 atom stereocenters. The minimum Gasteiger partial charge on any atom is -0.504 e. The highest BCUT2D eigenvalue weighted by atomic mass is 35.5. The molecule has 2 heterocycles. The molecule has 6 heteroatoms. The maximum Gasteiger partial charge on any atom is 0.161 e. The standard InChI is InChI=1S/C22H20ClN3O2/c1-13-7-10-20-25-21(15-8-9-18(27)19(11-15)28-3)22(26(20)12-13)24-17-6-4-5-16(23)14(17)2/h4-12,24,27H,1-3H3. The van der Waals surface area contributed by atoms with E-state index in [0.29, 0.717) is 10.8 Å². The molecule has 0 unspecified atom stereocenters. The lowest BCUT2D eigenvalue weighted by Crippen LogP contribution is -1.99. The number of methoxy groups -OCH3 is 1. The van der Waals surface area contributed by atoms with Crippen LogP contribution in [0.4, 0.5) is 11.5 Å². The van der Waals surface area contributed by atoms with Crippen molar-refractivity contribution < 1.29 is 9.84 Å². The largest absolute Gasteiger partial charge is 0.504 e. The third-order valence-corrected chi connectivity index (χ3v) is 5.15. The molecule has 0 spiro atoms. The Morgan fingerprint density at radius 2 is 1.93 bits per heavy atom. The lowest BCUT2D eigenvalue weighted by Gasteiger charge is -2.13. The van der Waals surface area contributed by atoms with Crippen molar-refractivity contribution in [2.75, 3.05) is 12.4 Å². The first-order chi connectivity index (χ1) is 13.5. The van der Waals surface area contributed by atoms with Crippen LogP contribution >= 0.6 is 11.6 Å². The summed E-state index contributed by atoms with van der Waals surface area (Å²) < 4.78 is 7.29. The van der Waals surface area contributed by atoms with E-state index in [9.17, 15) is 5.11 Å². The smallest absolute Gasteiger partial charge is 0.161 e. The van der Waals surface area contributed by atoms with Crippen molar-refractivity contribution in [2.45, 2.75) is 13.8 Å². The Morgan fingerprint density at radius 1 is 1.11 bits per heavy atom. The molecule has 2 aromatic carbocycles. The lowest BCUT2D eigenvalue weighted by atomic mass is 10.1. The van der Waals surface area contributed by atoms with E-state index in [-0.39, 0.29) is 5.75 Å². The summed E-state index contributed by atoms with van der Waals surface area (Å²) in [5.74, 6) is 1.30. The number of aryl methyl sites for hydroxylation is 1. The first-order valence-corrected chi connectivity index (χ1v) is 9.24. The van der Waals surface area contributed by atoms with Crippen LogP contribution in [0.1, 0.15) is 11.1 Å². The predicted molar refractivity (Wildman–Crippen MR) is 113 cm³/mol. The first-order valence-electron chi connectivity index (χ1n) is 8.86. The second-order valence-electron chi connectivity index (χ2n) is 6.67. The first kappa shape index (κ1) is 18.2. The number of aromatic nitrogens is 2. The van der Waals surface area contributed by atoms with E-state index in [2.05, 4.69) is 5.32 Å². The van der Waals surface area contributed by atoms with Gasteiger partial charge < -0.3 is 15.2 Å². The summed E-state index contributed by atoms with van der Waals surface area (Å²) in [7, 11) is 1.53. The SMILES string of the molecule is COc1cc(-c2nc3ccc(C)cn3c2Nc2cccc(Cl)c2C)ccc1O. The van der Waals surface area contributed by atoms with Gasteiger partial charge in [0.05, 0.1) is 7.11 Å². The molecule has 0 aliphatic rings. The van der Waals surface area contributed by atoms with E-state index in [1.165, 1.54) is 7.11 Å². The summed E-state index contributed by atoms with van der Waals surface area (Å²) in [6, 6.07) is 15.0. The lowest BCUT2D eigenvalue weighted by molar-refractivity contribution is 0.373. The molecule has 0 saturated carbocycles. The summed E-state index contributed by atoms with van der Waals surface area (Å²) in [6.07, 6.45) is 2.03. The molecule has 0 fully saturated rings. The minimum atomic E-state index is 0.0889. The number of halogens is 1. The topological polar surface area (TPSA) is 58.8 Å². The maximum absolute atomic E-state index is 9.95. The van der Waals surface area contributed by atoms with Crippen LogP contribution in [0, 0.1) is 13.8 Å². The zero-order valence-electron chi connectivity index (χ0n) is 15.8. The van der Waals surface area contributed by atoms with Gasteiger partial charge in [0.1, 0.15) is 17.2 Å². The van der Waals surface area contributed by atoms with Crippen LogP contribution in [-0.4, -0.2) is 21.6 Å². The fourth-order valence-electron chi connectivity index (χ4n) is 3.17. The third kappa shape index (κ3) is 3.14. The molecule has 0 saturated heterocycles. The van der Waals surface area contributed by atoms with Crippen LogP contribution in [0.5, 0.6) is 11.5 Å². The summed E-state index contributed by atoms with van der Waals surface area (Å²) in [5, 5.41) is 14.1. The molecule has 2 aromatic heterocycles. The molecule has 4 rings (SSSR count). The molecule has 0 aliphatic carbocycles. The Bertz CT molecular complexity index is 1180. The van der Waals surface area contributed by atoms with Crippen LogP contribution in [-0.2, 0) is 0 Å². The Labute approximate surface area is 168 Å². The quantitative estimate of drug-likeness (QED) is 0.465. The van der Waals surface area contributed by atoms with Crippen LogP contribution in [0.3, 0.4) is 0 Å². The molecule has 5 nitrogen and oxygen atoms in total. The zero-order chi connectivity index (χ0) is 19.8. The van der Waals surface area contributed by atoms with Crippen molar-refractivity contribution in [2.24, 2.45) is 0 Å². The second-order valence-corrected chi connectivity index (χ2v) is 7.07. The van der Waals surface area contributed by atoms with Crippen molar-refractivity contribution in [1.29, 1.82) is 0 Å². The number of hydrogen-bond donors (Lipinski definition) is 2. The Balaban J connectivity index is 1.94. The number of fused-ring (bicyclic) bond motifs is 1. The number of rotatable bonds is 4. The van der Waals surface area contributed by atoms with Gasteiger partial charge in [0.25, 0.3) is 0 Å². The summed E-state index contributed by atoms with van der Waals surface area (Å²) in [6.45, 7) is 4.01. The highest BCUT2D eigenvalue weighted by molar-refractivity contribution is 6.31. The Hall–Kier alpha value is -3.18. The predicted octanol–water partition coefficient (Wildman–Crippen LogP) is 5.73. The number of ether oxygens (including phenoxy) is 1. The number of phenolic OH excluding ortho intramolecular Hbond substituents is 1. The number of hydrogen-bond acceptors (Lipinski definition) is 4. The fraction of sp³-hybridized carbons (Fsp3) is 0.136. The number of imidazole rings is 1. The van der Waals surface area contributed by atoms with E-state index in [0.717, 1.165) is 39.5 Å². The number of nitrogens with zero attached hydrogens (tertiary/aromatic N) is 2. The summed E-state index contributed by atoms with van der Waals surface area (Å²) in [5.41, 5.74) is 5.38. The fourth-order valence-corrected chi connectivity index (χ4v) is 3.34. The summed E-state index contributed by atoms with van der Waals surface area (Å²) >= 11 is 6.30. The molecular formula is C22H20ClN3O2. The van der Waals surface area contributed by atoms with E-state index >= 15 is 0 Å². The molecule has 142 valence electrons. The Morgan fingerprint density at radius 3 is 2.71 bits per heavy atom. The maximum atomic E-state index is 9.95. The van der Waals surface area contributed by atoms with Gasteiger partial charge in [-0.3, -0.25) is 4.40 Å². The average Bonchev–Trinajstić information content (AvgIpc) is 3.03.